The number of aryl methyl sites for hydroxylation is 1. The van der Waals surface area contributed by atoms with E-state index in [2.05, 4.69) is 10.2 Å². The van der Waals surface area contributed by atoms with Crippen LogP contribution in [0.1, 0.15) is 11.6 Å². The molecule has 2 aromatic carbocycles. The summed E-state index contributed by atoms with van der Waals surface area (Å²) in [4.78, 5) is 14.2. The third kappa shape index (κ3) is 2.18. The maximum Gasteiger partial charge on any atom is 0.239 e. The number of nitrogens with zero attached hydrogens (tertiary/aromatic N) is 4. The number of benzene rings is 2. The van der Waals surface area contributed by atoms with E-state index in [1.54, 1.807) is 47.9 Å². The fourth-order valence-electron chi connectivity index (χ4n) is 2.94. The minimum Gasteiger partial charge on any atom is -0.281 e. The van der Waals surface area contributed by atoms with Gasteiger partial charge in [0.05, 0.1) is 23.5 Å². The summed E-state index contributed by atoms with van der Waals surface area (Å²) < 4.78 is 16.1. The van der Waals surface area contributed by atoms with Gasteiger partial charge in [-0.3, -0.25) is 14.3 Å². The third-order valence-electron chi connectivity index (χ3n) is 3.96. The number of aromatic nitrogens is 3. The second-order valence-corrected chi connectivity index (χ2v) is 5.93. The molecule has 0 atom stereocenters. The normalized spacial score (nSPS) is 13.5. The van der Waals surface area contributed by atoms with Gasteiger partial charge in [0.25, 0.3) is 0 Å². The fourth-order valence-corrected chi connectivity index (χ4v) is 3.11. The van der Waals surface area contributed by atoms with Gasteiger partial charge in [0.2, 0.25) is 5.91 Å². The van der Waals surface area contributed by atoms with Crippen LogP contribution in [0.3, 0.4) is 0 Å². The summed E-state index contributed by atoms with van der Waals surface area (Å²) >= 11 is 6.14. The smallest absolute Gasteiger partial charge is 0.239 e. The van der Waals surface area contributed by atoms with Crippen LogP contribution in [-0.2, 0) is 11.2 Å². The average molecular weight is 343 g/mol. The highest BCUT2D eigenvalue weighted by molar-refractivity contribution is 6.31. The zero-order valence-corrected chi connectivity index (χ0v) is 13.5. The molecular formula is C17H12ClFN4O. The van der Waals surface area contributed by atoms with Crippen LogP contribution in [0.5, 0.6) is 0 Å². The third-order valence-corrected chi connectivity index (χ3v) is 4.20. The van der Waals surface area contributed by atoms with E-state index in [0.29, 0.717) is 28.0 Å². The van der Waals surface area contributed by atoms with Gasteiger partial charge in [-0.25, -0.2) is 4.39 Å². The van der Waals surface area contributed by atoms with E-state index >= 15 is 0 Å². The van der Waals surface area contributed by atoms with E-state index in [1.165, 1.54) is 11.0 Å². The van der Waals surface area contributed by atoms with Crippen molar-refractivity contribution in [3.8, 4) is 5.69 Å². The zero-order chi connectivity index (χ0) is 16.8. The van der Waals surface area contributed by atoms with Gasteiger partial charge in [-0.1, -0.05) is 23.7 Å². The van der Waals surface area contributed by atoms with Crippen LogP contribution in [0.4, 0.5) is 15.8 Å². The van der Waals surface area contributed by atoms with E-state index < -0.39 is 5.82 Å². The minimum absolute atomic E-state index is 0.0154. The molecule has 0 radical (unpaired) electrons. The van der Waals surface area contributed by atoms with Gasteiger partial charge in [0.15, 0.2) is 0 Å². The maximum atomic E-state index is 14.3. The summed E-state index contributed by atoms with van der Waals surface area (Å²) in [7, 11) is 0. The van der Waals surface area contributed by atoms with Gasteiger partial charge in [-0.2, -0.15) is 0 Å². The van der Waals surface area contributed by atoms with Crippen LogP contribution in [-0.4, -0.2) is 20.7 Å². The number of anilines is 2. The molecule has 0 saturated carbocycles. The molecular weight excluding hydrogens is 331 g/mol. The van der Waals surface area contributed by atoms with Crippen molar-refractivity contribution in [1.29, 1.82) is 0 Å². The first kappa shape index (κ1) is 14.8. The molecule has 0 spiro atoms. The van der Waals surface area contributed by atoms with Crippen molar-refractivity contribution in [2.75, 3.05) is 4.90 Å². The number of carbonyl (C=O) groups excluding carboxylic acids is 1. The Morgan fingerprint density at radius 2 is 1.88 bits per heavy atom. The number of hydrogen-bond donors (Lipinski definition) is 0. The van der Waals surface area contributed by atoms with Crippen molar-refractivity contribution in [1.82, 2.24) is 14.8 Å². The molecule has 0 unspecified atom stereocenters. The number of rotatable bonds is 1. The van der Waals surface area contributed by atoms with Crippen molar-refractivity contribution in [2.24, 2.45) is 0 Å². The van der Waals surface area contributed by atoms with Crippen LogP contribution >= 0.6 is 11.6 Å². The van der Waals surface area contributed by atoms with E-state index in [-0.39, 0.29) is 18.0 Å². The molecule has 1 aromatic heterocycles. The molecule has 1 aliphatic rings. The first-order valence-electron chi connectivity index (χ1n) is 7.34. The van der Waals surface area contributed by atoms with Gasteiger partial charge in [0, 0.05) is 5.02 Å². The Labute approximate surface area is 142 Å². The highest BCUT2D eigenvalue weighted by Crippen LogP contribution is 2.37. The molecule has 5 nitrogen and oxygen atoms in total. The van der Waals surface area contributed by atoms with Gasteiger partial charge in [-0.15, -0.1) is 10.2 Å². The highest BCUT2D eigenvalue weighted by Gasteiger charge is 2.30. The number of amides is 1. The highest BCUT2D eigenvalue weighted by atomic mass is 35.5. The van der Waals surface area contributed by atoms with Gasteiger partial charge in [-0.05, 0) is 37.3 Å². The van der Waals surface area contributed by atoms with Crippen LogP contribution < -0.4 is 4.90 Å². The Bertz CT molecular complexity index is 969. The predicted octanol–water partition coefficient (Wildman–Crippen LogP) is 3.59. The molecule has 0 N–H and O–H groups in total. The monoisotopic (exact) mass is 342 g/mol. The van der Waals surface area contributed by atoms with Gasteiger partial charge >= 0.3 is 0 Å². The molecule has 2 heterocycles. The zero-order valence-electron chi connectivity index (χ0n) is 12.7. The average Bonchev–Trinajstić information content (AvgIpc) is 2.85. The molecule has 120 valence electrons. The van der Waals surface area contributed by atoms with Crippen LogP contribution in [0.2, 0.25) is 5.02 Å². The van der Waals surface area contributed by atoms with Gasteiger partial charge < -0.3 is 0 Å². The van der Waals surface area contributed by atoms with E-state index in [4.69, 9.17) is 11.6 Å². The quantitative estimate of drug-likeness (QED) is 0.679. The number of fused-ring (bicyclic) bond motifs is 3. The first-order valence-corrected chi connectivity index (χ1v) is 7.72. The van der Waals surface area contributed by atoms with Crippen molar-refractivity contribution in [2.45, 2.75) is 13.3 Å². The molecule has 0 fully saturated rings. The summed E-state index contributed by atoms with van der Waals surface area (Å²) in [5, 5.41) is 8.58. The Hall–Kier alpha value is -2.73. The molecule has 1 amide bonds. The van der Waals surface area contributed by atoms with Crippen molar-refractivity contribution in [3.05, 3.63) is 65.0 Å². The molecule has 4 rings (SSSR count). The summed E-state index contributed by atoms with van der Waals surface area (Å²) in [6.45, 7) is 1.80. The lowest BCUT2D eigenvalue weighted by Crippen LogP contribution is -2.27. The second-order valence-electron chi connectivity index (χ2n) is 5.49. The minimum atomic E-state index is -0.480. The van der Waals surface area contributed by atoms with Crippen molar-refractivity contribution >= 4 is 28.9 Å². The lowest BCUT2D eigenvalue weighted by atomic mass is 10.2. The molecule has 0 saturated heterocycles. The maximum absolute atomic E-state index is 14.3. The molecule has 1 aliphatic heterocycles. The largest absolute Gasteiger partial charge is 0.281 e. The molecule has 7 heteroatoms. The predicted molar refractivity (Wildman–Crippen MR) is 88.4 cm³/mol. The Kier molecular flexibility index (Phi) is 3.35. The number of carbonyl (C=O) groups is 1. The molecule has 3 aromatic rings. The summed E-state index contributed by atoms with van der Waals surface area (Å²) in [5.74, 6) is 0.387. The van der Waals surface area contributed by atoms with E-state index in [1.807, 2.05) is 0 Å². The Morgan fingerprint density at radius 1 is 1.08 bits per heavy atom. The van der Waals surface area contributed by atoms with E-state index in [9.17, 15) is 9.18 Å². The van der Waals surface area contributed by atoms with E-state index in [0.717, 1.165) is 0 Å². The fraction of sp³-hybridized carbons (Fsp3) is 0.118. The number of para-hydroxylation sites is 1. The summed E-state index contributed by atoms with van der Waals surface area (Å²) in [6, 6.07) is 11.3. The molecule has 0 bridgehead atoms. The SMILES string of the molecule is Cc1nnc2n1-c1ccc(Cl)cc1N(c1ccccc1F)C(=O)C2. The number of halogens is 2. The van der Waals surface area contributed by atoms with Crippen molar-refractivity contribution in [3.63, 3.8) is 0 Å². The van der Waals surface area contributed by atoms with Crippen LogP contribution in [0, 0.1) is 12.7 Å². The van der Waals surface area contributed by atoms with Gasteiger partial charge in [0.1, 0.15) is 17.5 Å². The first-order chi connectivity index (χ1) is 11.6. The lowest BCUT2D eigenvalue weighted by Gasteiger charge is -2.23. The van der Waals surface area contributed by atoms with Crippen molar-refractivity contribution < 1.29 is 9.18 Å². The topological polar surface area (TPSA) is 51.0 Å². The number of hydrogen-bond acceptors (Lipinski definition) is 3. The van der Waals surface area contributed by atoms with Crippen LogP contribution in [0.15, 0.2) is 42.5 Å². The summed E-state index contributed by atoms with van der Waals surface area (Å²) in [6.07, 6.45) is 0.0154. The van der Waals surface area contributed by atoms with Crippen LogP contribution in [0.25, 0.3) is 5.69 Å². The molecule has 0 aliphatic carbocycles. The Morgan fingerprint density at radius 3 is 2.67 bits per heavy atom. The standard InChI is InChI=1S/C17H12ClFN4O/c1-10-20-21-16-9-17(24)23(13-5-3-2-4-12(13)19)15-8-11(18)6-7-14(15)22(10)16/h2-8H,9H2,1H3. The summed E-state index contributed by atoms with van der Waals surface area (Å²) in [5.41, 5.74) is 1.37. The lowest BCUT2D eigenvalue weighted by molar-refractivity contribution is -0.117. The second kappa shape index (κ2) is 5.42. The molecule has 24 heavy (non-hydrogen) atoms. The Balaban J connectivity index is 2.04.